The first-order valence-electron chi connectivity index (χ1n) is 11.2. The first kappa shape index (κ1) is 25.6. The molecule has 1 atom stereocenters. The lowest BCUT2D eigenvalue weighted by molar-refractivity contribution is -0.119. The predicted octanol–water partition coefficient (Wildman–Crippen LogP) is 4.28. The van der Waals surface area contributed by atoms with Crippen LogP contribution < -0.4 is 14.8 Å². The number of amides is 1. The second-order valence-electron chi connectivity index (χ2n) is 7.69. The van der Waals surface area contributed by atoms with Crippen molar-refractivity contribution in [3.8, 4) is 22.9 Å². The standard InChI is InChI=1S/C25H32N4O4S/c1-6-29-24(20-10-8-7-9-17(20)2)27-28-25(29)34-16-23(30)26-18(3)19-11-12-21(22(15-19)32-5)33-14-13-31-4/h7-12,15,18H,6,13-14,16H2,1-5H3,(H,26,30). The molecule has 0 spiro atoms. The van der Waals surface area contributed by atoms with Gasteiger partial charge in [0.2, 0.25) is 5.91 Å². The van der Waals surface area contributed by atoms with Crippen LogP contribution in [-0.4, -0.2) is 53.9 Å². The van der Waals surface area contributed by atoms with Gasteiger partial charge in [-0.15, -0.1) is 10.2 Å². The zero-order valence-electron chi connectivity index (χ0n) is 20.3. The second kappa shape index (κ2) is 12.4. The molecule has 8 nitrogen and oxygen atoms in total. The third-order valence-electron chi connectivity index (χ3n) is 5.36. The number of thioether (sulfide) groups is 1. The number of aryl methyl sites for hydroxylation is 1. The summed E-state index contributed by atoms with van der Waals surface area (Å²) in [5.74, 6) is 2.23. The molecule has 0 fully saturated rings. The lowest BCUT2D eigenvalue weighted by Gasteiger charge is -2.17. The minimum atomic E-state index is -0.193. The number of nitrogens with zero attached hydrogens (tertiary/aromatic N) is 3. The molecule has 182 valence electrons. The largest absolute Gasteiger partial charge is 0.493 e. The van der Waals surface area contributed by atoms with Crippen molar-refractivity contribution in [2.75, 3.05) is 33.2 Å². The van der Waals surface area contributed by atoms with Gasteiger partial charge in [0.1, 0.15) is 6.61 Å². The Balaban J connectivity index is 1.61. The molecule has 0 saturated heterocycles. The molecular formula is C25H32N4O4S. The van der Waals surface area contributed by atoms with Crippen molar-refractivity contribution in [1.29, 1.82) is 0 Å². The third kappa shape index (κ3) is 6.30. The van der Waals surface area contributed by atoms with Gasteiger partial charge in [-0.3, -0.25) is 4.79 Å². The second-order valence-corrected chi connectivity index (χ2v) is 8.64. The SMILES string of the molecule is CCn1c(SCC(=O)NC(C)c2ccc(OCCOC)c(OC)c2)nnc1-c1ccccc1C. The molecule has 0 aliphatic carbocycles. The lowest BCUT2D eigenvalue weighted by atomic mass is 10.1. The molecule has 3 rings (SSSR count). The molecule has 0 aliphatic rings. The molecule has 9 heteroatoms. The van der Waals surface area contributed by atoms with Gasteiger partial charge in [-0.1, -0.05) is 42.1 Å². The predicted molar refractivity (Wildman–Crippen MR) is 134 cm³/mol. The van der Waals surface area contributed by atoms with E-state index in [4.69, 9.17) is 14.2 Å². The van der Waals surface area contributed by atoms with Gasteiger partial charge in [-0.2, -0.15) is 0 Å². The quantitative estimate of drug-likeness (QED) is 0.303. The normalized spacial score (nSPS) is 11.8. The maximum atomic E-state index is 12.7. The number of nitrogens with one attached hydrogen (secondary N) is 1. The number of carbonyl (C=O) groups excluding carboxylic acids is 1. The maximum Gasteiger partial charge on any atom is 0.230 e. The highest BCUT2D eigenvalue weighted by molar-refractivity contribution is 7.99. The highest BCUT2D eigenvalue weighted by atomic mass is 32.2. The minimum Gasteiger partial charge on any atom is -0.493 e. The number of ether oxygens (including phenoxy) is 3. The summed E-state index contributed by atoms with van der Waals surface area (Å²) in [6.45, 7) is 7.69. The molecule has 3 aromatic rings. The monoisotopic (exact) mass is 484 g/mol. The van der Waals surface area contributed by atoms with E-state index in [2.05, 4.69) is 28.5 Å². The Morgan fingerprint density at radius 2 is 1.91 bits per heavy atom. The highest BCUT2D eigenvalue weighted by Gasteiger charge is 2.17. The van der Waals surface area contributed by atoms with Crippen LogP contribution in [0.1, 0.15) is 31.0 Å². The van der Waals surface area contributed by atoms with Gasteiger partial charge in [0, 0.05) is 19.2 Å². The Labute approximate surface area is 205 Å². The molecule has 1 aromatic heterocycles. The first-order valence-corrected chi connectivity index (χ1v) is 12.2. The molecule has 0 aliphatic heterocycles. The van der Waals surface area contributed by atoms with Gasteiger partial charge in [-0.05, 0) is 44.0 Å². The van der Waals surface area contributed by atoms with Crippen LogP contribution in [0, 0.1) is 6.92 Å². The van der Waals surface area contributed by atoms with Crippen molar-refractivity contribution in [3.05, 3.63) is 53.6 Å². The summed E-state index contributed by atoms with van der Waals surface area (Å²) >= 11 is 1.38. The van der Waals surface area contributed by atoms with Crippen LogP contribution in [-0.2, 0) is 16.1 Å². The number of carbonyl (C=O) groups is 1. The van der Waals surface area contributed by atoms with E-state index >= 15 is 0 Å². The van der Waals surface area contributed by atoms with E-state index in [1.54, 1.807) is 14.2 Å². The molecule has 1 heterocycles. The fourth-order valence-corrected chi connectivity index (χ4v) is 4.32. The van der Waals surface area contributed by atoms with Crippen LogP contribution in [0.15, 0.2) is 47.6 Å². The smallest absolute Gasteiger partial charge is 0.230 e. The Kier molecular flexibility index (Phi) is 9.35. The number of aromatic nitrogens is 3. The Morgan fingerprint density at radius 1 is 1.12 bits per heavy atom. The van der Waals surface area contributed by atoms with Gasteiger partial charge >= 0.3 is 0 Å². The van der Waals surface area contributed by atoms with E-state index in [9.17, 15) is 4.79 Å². The van der Waals surface area contributed by atoms with Crippen molar-refractivity contribution >= 4 is 17.7 Å². The summed E-state index contributed by atoms with van der Waals surface area (Å²) in [7, 11) is 3.22. The van der Waals surface area contributed by atoms with Crippen molar-refractivity contribution in [1.82, 2.24) is 20.1 Å². The number of rotatable bonds is 12. The molecule has 1 amide bonds. The topological polar surface area (TPSA) is 87.5 Å². The Bertz CT molecular complexity index is 1100. The average Bonchev–Trinajstić information content (AvgIpc) is 3.25. The average molecular weight is 485 g/mol. The van der Waals surface area contributed by atoms with Crippen LogP contribution in [0.2, 0.25) is 0 Å². The van der Waals surface area contributed by atoms with Crippen LogP contribution in [0.25, 0.3) is 11.4 Å². The highest BCUT2D eigenvalue weighted by Crippen LogP contribution is 2.31. The number of hydrogen-bond acceptors (Lipinski definition) is 7. The molecule has 1 unspecified atom stereocenters. The molecule has 34 heavy (non-hydrogen) atoms. The van der Waals surface area contributed by atoms with E-state index in [-0.39, 0.29) is 17.7 Å². The van der Waals surface area contributed by atoms with Crippen LogP contribution in [0.3, 0.4) is 0 Å². The Morgan fingerprint density at radius 3 is 2.62 bits per heavy atom. The summed E-state index contributed by atoms with van der Waals surface area (Å²) in [5, 5.41) is 12.5. The van der Waals surface area contributed by atoms with Crippen molar-refractivity contribution in [3.63, 3.8) is 0 Å². The first-order chi connectivity index (χ1) is 16.5. The third-order valence-corrected chi connectivity index (χ3v) is 6.33. The van der Waals surface area contributed by atoms with E-state index in [1.165, 1.54) is 11.8 Å². The Hall–Kier alpha value is -3.04. The number of methoxy groups -OCH3 is 2. The van der Waals surface area contributed by atoms with Gasteiger partial charge in [0.25, 0.3) is 0 Å². The summed E-state index contributed by atoms with van der Waals surface area (Å²) in [4.78, 5) is 12.7. The van der Waals surface area contributed by atoms with E-state index in [1.807, 2.05) is 54.8 Å². The summed E-state index contributed by atoms with van der Waals surface area (Å²) < 4.78 is 18.2. The lowest BCUT2D eigenvalue weighted by Crippen LogP contribution is -2.28. The van der Waals surface area contributed by atoms with Crippen LogP contribution >= 0.6 is 11.8 Å². The zero-order valence-corrected chi connectivity index (χ0v) is 21.1. The van der Waals surface area contributed by atoms with E-state index in [0.29, 0.717) is 24.7 Å². The van der Waals surface area contributed by atoms with Crippen molar-refractivity contribution in [2.24, 2.45) is 0 Å². The zero-order chi connectivity index (χ0) is 24.5. The summed E-state index contributed by atoms with van der Waals surface area (Å²) in [6, 6.07) is 13.5. The fraction of sp³-hybridized carbons (Fsp3) is 0.400. The molecule has 1 N–H and O–H groups in total. The molecule has 2 aromatic carbocycles. The van der Waals surface area contributed by atoms with Gasteiger partial charge in [-0.25, -0.2) is 0 Å². The fourth-order valence-electron chi connectivity index (χ4n) is 3.51. The van der Waals surface area contributed by atoms with Crippen LogP contribution in [0.4, 0.5) is 0 Å². The number of hydrogen-bond donors (Lipinski definition) is 1. The molecule has 0 radical (unpaired) electrons. The maximum absolute atomic E-state index is 12.7. The van der Waals surface area contributed by atoms with Gasteiger partial charge < -0.3 is 24.1 Å². The summed E-state index contributed by atoms with van der Waals surface area (Å²) in [6.07, 6.45) is 0. The van der Waals surface area contributed by atoms with E-state index in [0.717, 1.165) is 34.2 Å². The molecule has 0 saturated carbocycles. The van der Waals surface area contributed by atoms with Gasteiger partial charge in [0.05, 0.1) is 25.5 Å². The summed E-state index contributed by atoms with van der Waals surface area (Å²) in [5.41, 5.74) is 3.11. The van der Waals surface area contributed by atoms with E-state index < -0.39 is 0 Å². The van der Waals surface area contributed by atoms with Crippen molar-refractivity contribution < 1.29 is 19.0 Å². The molecular weight excluding hydrogens is 452 g/mol. The molecule has 0 bridgehead atoms. The van der Waals surface area contributed by atoms with Crippen LogP contribution in [0.5, 0.6) is 11.5 Å². The van der Waals surface area contributed by atoms with Crippen molar-refractivity contribution in [2.45, 2.75) is 38.5 Å². The van der Waals surface area contributed by atoms with Gasteiger partial charge in [0.15, 0.2) is 22.5 Å². The minimum absolute atomic E-state index is 0.0833. The number of benzene rings is 2.